The van der Waals surface area contributed by atoms with Crippen molar-refractivity contribution in [1.82, 2.24) is 25.9 Å². The average molecular weight is 501 g/mol. The van der Waals surface area contributed by atoms with E-state index in [9.17, 15) is 18.0 Å². The van der Waals surface area contributed by atoms with E-state index in [1.807, 2.05) is 0 Å². The molecule has 2 N–H and O–H groups in total. The third kappa shape index (κ3) is 5.58. The number of halogens is 3. The molecule has 0 radical (unpaired) electrons. The lowest BCUT2D eigenvalue weighted by atomic mass is 10.1. The molecule has 2 heterocycles. The molecule has 1 aliphatic rings. The molecule has 1 amide bonds. The van der Waals surface area contributed by atoms with Crippen LogP contribution in [0.2, 0.25) is 0 Å². The number of aromatic amines is 1. The second-order valence-electron chi connectivity index (χ2n) is 6.85. The molecule has 0 spiro atoms. The molecule has 14 heteroatoms. The normalized spacial score (nSPS) is 15.8. The zero-order valence-corrected chi connectivity index (χ0v) is 18.6. The van der Waals surface area contributed by atoms with Crippen LogP contribution in [-0.2, 0) is 17.5 Å². The van der Waals surface area contributed by atoms with Gasteiger partial charge >= 0.3 is 6.18 Å². The lowest BCUT2D eigenvalue weighted by Gasteiger charge is -2.16. The Hall–Kier alpha value is -4.38. The first-order chi connectivity index (χ1) is 16.8. The first kappa shape index (κ1) is 23.8. The highest BCUT2D eigenvalue weighted by Gasteiger charge is 2.35. The van der Waals surface area contributed by atoms with E-state index in [4.69, 9.17) is 14.7 Å². The number of thioether (sulfide) groups is 1. The average Bonchev–Trinajstić information content (AvgIpc) is 3.48. The van der Waals surface area contributed by atoms with Crippen LogP contribution < -0.4 is 14.8 Å². The van der Waals surface area contributed by atoms with Crippen LogP contribution in [0.4, 0.5) is 13.2 Å². The Morgan fingerprint density at radius 2 is 2.00 bits per heavy atom. The van der Waals surface area contributed by atoms with Crippen molar-refractivity contribution in [3.63, 3.8) is 0 Å². The van der Waals surface area contributed by atoms with E-state index in [-0.39, 0.29) is 29.5 Å². The van der Waals surface area contributed by atoms with E-state index in [0.29, 0.717) is 27.5 Å². The van der Waals surface area contributed by atoms with Crippen LogP contribution in [-0.4, -0.2) is 38.8 Å². The maximum atomic E-state index is 13.5. The van der Waals surface area contributed by atoms with Crippen molar-refractivity contribution < 1.29 is 27.4 Å². The molecule has 1 aliphatic heterocycles. The summed E-state index contributed by atoms with van der Waals surface area (Å²) in [6, 6.07) is 9.19. The summed E-state index contributed by atoms with van der Waals surface area (Å²) in [6.07, 6.45) is -3.15. The van der Waals surface area contributed by atoms with Crippen molar-refractivity contribution in [1.29, 1.82) is 5.26 Å². The fraction of sp³-hybridized carbons (Fsp3) is 0.143. The highest BCUT2D eigenvalue weighted by atomic mass is 32.2. The summed E-state index contributed by atoms with van der Waals surface area (Å²) in [5.41, 5.74) is -0.690. The first-order valence-electron chi connectivity index (χ1n) is 9.71. The standard InChI is InChI=1S/C21H14F3N7O3S/c1-33-16-7-11(8-17-19(32)27-20(35-17)26-10-18-28-30-31-29-18)2-5-15(16)34-14-4-3-12(9-25)6-13(14)21(22,23)24/h2-8H,10H2,1H3,(H,26,27,32)(H,28,29,30,31)/b17-8-. The molecular weight excluding hydrogens is 487 g/mol. The summed E-state index contributed by atoms with van der Waals surface area (Å²) >= 11 is 1.10. The van der Waals surface area contributed by atoms with Gasteiger partial charge in [-0.05, 0) is 53.7 Å². The van der Waals surface area contributed by atoms with Gasteiger partial charge in [-0.1, -0.05) is 11.3 Å². The highest BCUT2D eigenvalue weighted by Crippen LogP contribution is 2.41. The van der Waals surface area contributed by atoms with Gasteiger partial charge < -0.3 is 14.8 Å². The summed E-state index contributed by atoms with van der Waals surface area (Å²) in [5.74, 6) is -0.314. The number of tetrazole rings is 1. The predicted octanol–water partition coefficient (Wildman–Crippen LogP) is 3.65. The molecule has 0 aliphatic carbocycles. The molecule has 3 aromatic rings. The van der Waals surface area contributed by atoms with Gasteiger partial charge in [-0.3, -0.25) is 9.79 Å². The van der Waals surface area contributed by atoms with Crippen molar-refractivity contribution in [2.45, 2.75) is 12.7 Å². The Balaban J connectivity index is 1.56. The number of hydrogen-bond donors (Lipinski definition) is 2. The molecule has 0 saturated carbocycles. The molecule has 178 valence electrons. The van der Waals surface area contributed by atoms with Gasteiger partial charge in [-0.2, -0.15) is 23.6 Å². The molecule has 10 nitrogen and oxygen atoms in total. The number of nitriles is 1. The maximum absolute atomic E-state index is 13.5. The number of carbonyl (C=O) groups excluding carboxylic acids is 1. The van der Waals surface area contributed by atoms with E-state index >= 15 is 0 Å². The van der Waals surface area contributed by atoms with Gasteiger partial charge in [0.25, 0.3) is 5.91 Å². The number of amides is 1. The van der Waals surface area contributed by atoms with Gasteiger partial charge in [-0.15, -0.1) is 10.2 Å². The number of hydrogen-bond acceptors (Lipinski definition) is 9. The Morgan fingerprint density at radius 3 is 2.69 bits per heavy atom. The highest BCUT2D eigenvalue weighted by molar-refractivity contribution is 8.18. The second-order valence-corrected chi connectivity index (χ2v) is 7.88. The Labute approximate surface area is 199 Å². The van der Waals surface area contributed by atoms with Crippen LogP contribution >= 0.6 is 11.8 Å². The van der Waals surface area contributed by atoms with Crippen LogP contribution in [0.3, 0.4) is 0 Å². The molecular formula is C21H14F3N7O3S. The molecule has 4 rings (SSSR count). The summed E-state index contributed by atoms with van der Waals surface area (Å²) < 4.78 is 51.1. The van der Waals surface area contributed by atoms with Crippen LogP contribution in [0.15, 0.2) is 46.3 Å². The van der Waals surface area contributed by atoms with Gasteiger partial charge in [0.1, 0.15) is 12.3 Å². The number of ether oxygens (including phenoxy) is 2. The molecule has 1 aromatic heterocycles. The van der Waals surface area contributed by atoms with E-state index in [0.717, 1.165) is 17.8 Å². The second kappa shape index (κ2) is 9.85. The minimum Gasteiger partial charge on any atom is -0.493 e. The molecule has 1 fully saturated rings. The Morgan fingerprint density at radius 1 is 1.20 bits per heavy atom. The zero-order valence-electron chi connectivity index (χ0n) is 17.8. The number of nitrogens with zero attached hydrogens (tertiary/aromatic N) is 5. The molecule has 0 atom stereocenters. The SMILES string of the molecule is COc1cc(/C=C2\SC(=NCc3nn[nH]n3)NC2=O)ccc1Oc1ccc(C#N)cc1C(F)(F)F. The third-order valence-electron chi connectivity index (χ3n) is 4.52. The van der Waals surface area contributed by atoms with E-state index in [2.05, 4.69) is 30.9 Å². The van der Waals surface area contributed by atoms with Gasteiger partial charge in [0, 0.05) is 0 Å². The van der Waals surface area contributed by atoms with Crippen molar-refractivity contribution in [3.05, 3.63) is 63.8 Å². The number of aliphatic imine (C=N–C) groups is 1. The van der Waals surface area contributed by atoms with Crippen molar-refractivity contribution in [2.75, 3.05) is 7.11 Å². The zero-order chi connectivity index (χ0) is 25.0. The lowest BCUT2D eigenvalue weighted by Crippen LogP contribution is -2.19. The Kier molecular flexibility index (Phi) is 6.69. The van der Waals surface area contributed by atoms with Crippen LogP contribution in [0.5, 0.6) is 17.2 Å². The van der Waals surface area contributed by atoms with Crippen molar-refractivity contribution >= 4 is 28.9 Å². The number of methoxy groups -OCH3 is 1. The van der Waals surface area contributed by atoms with Gasteiger partial charge in [-0.25, -0.2) is 0 Å². The number of aromatic nitrogens is 4. The number of rotatable bonds is 6. The molecule has 1 saturated heterocycles. The fourth-order valence-electron chi connectivity index (χ4n) is 2.93. The van der Waals surface area contributed by atoms with Crippen LogP contribution in [0, 0.1) is 11.3 Å². The minimum atomic E-state index is -4.73. The number of benzene rings is 2. The van der Waals surface area contributed by atoms with Gasteiger partial charge in [0.15, 0.2) is 22.5 Å². The first-order valence-corrected chi connectivity index (χ1v) is 10.5. The number of carbonyl (C=O) groups is 1. The maximum Gasteiger partial charge on any atom is 0.420 e. The predicted molar refractivity (Wildman–Crippen MR) is 118 cm³/mol. The van der Waals surface area contributed by atoms with Crippen LogP contribution in [0.25, 0.3) is 6.08 Å². The summed E-state index contributed by atoms with van der Waals surface area (Å²) in [5, 5.41) is 25.2. The molecule has 0 unspecified atom stereocenters. The smallest absolute Gasteiger partial charge is 0.420 e. The number of alkyl halides is 3. The largest absolute Gasteiger partial charge is 0.493 e. The molecule has 0 bridgehead atoms. The van der Waals surface area contributed by atoms with Gasteiger partial charge in [0.2, 0.25) is 0 Å². The fourth-order valence-corrected chi connectivity index (χ4v) is 3.75. The van der Waals surface area contributed by atoms with E-state index < -0.39 is 17.5 Å². The summed E-state index contributed by atoms with van der Waals surface area (Å²) in [6.45, 7) is 0.127. The van der Waals surface area contributed by atoms with E-state index in [1.165, 1.54) is 25.3 Å². The third-order valence-corrected chi connectivity index (χ3v) is 5.47. The van der Waals surface area contributed by atoms with Crippen molar-refractivity contribution in [2.24, 2.45) is 4.99 Å². The minimum absolute atomic E-state index is 0.0238. The molecule has 35 heavy (non-hydrogen) atoms. The number of nitrogens with one attached hydrogen (secondary N) is 2. The van der Waals surface area contributed by atoms with Crippen LogP contribution in [0.1, 0.15) is 22.5 Å². The summed E-state index contributed by atoms with van der Waals surface area (Å²) in [7, 11) is 1.34. The van der Waals surface area contributed by atoms with Crippen molar-refractivity contribution in [3.8, 4) is 23.3 Å². The lowest BCUT2D eigenvalue weighted by molar-refractivity contribution is -0.138. The molecule has 2 aromatic carbocycles. The van der Waals surface area contributed by atoms with E-state index in [1.54, 1.807) is 18.2 Å². The quantitative estimate of drug-likeness (QED) is 0.488. The number of H-pyrrole nitrogens is 1. The topological polar surface area (TPSA) is 138 Å². The van der Waals surface area contributed by atoms with Gasteiger partial charge in [0.05, 0.1) is 29.2 Å². The summed E-state index contributed by atoms with van der Waals surface area (Å²) in [4.78, 5) is 16.8. The monoisotopic (exact) mass is 501 g/mol. The Bertz CT molecular complexity index is 1370. The number of amidine groups is 1.